The lowest BCUT2D eigenvalue weighted by Crippen LogP contribution is -2.42. The van der Waals surface area contributed by atoms with Crippen LogP contribution < -0.4 is 10.6 Å². The number of halogens is 5. The van der Waals surface area contributed by atoms with Crippen LogP contribution in [-0.2, 0) is 16.6 Å². The number of primary amides is 1. The Kier molecular flexibility index (Phi) is 6.53. The number of hydrogen-bond donors (Lipinski definition) is 1. The van der Waals surface area contributed by atoms with Crippen LogP contribution in [-0.4, -0.2) is 42.9 Å². The number of nitrogens with zero attached hydrogens (tertiary/aromatic N) is 2. The number of alkyl halides is 4. The molecule has 0 spiro atoms. The second-order valence-electron chi connectivity index (χ2n) is 7.40. The zero-order valence-corrected chi connectivity index (χ0v) is 18.2. The van der Waals surface area contributed by atoms with Crippen molar-refractivity contribution in [1.29, 1.82) is 0 Å². The normalized spacial score (nSPS) is 18.4. The fourth-order valence-corrected chi connectivity index (χ4v) is 4.23. The minimum Gasteiger partial charge on any atom is -0.366 e. The van der Waals surface area contributed by atoms with Crippen molar-refractivity contribution in [2.45, 2.75) is 25.7 Å². The van der Waals surface area contributed by atoms with Gasteiger partial charge in [-0.25, -0.2) is 4.39 Å². The van der Waals surface area contributed by atoms with Gasteiger partial charge in [0.05, 0.1) is 11.3 Å². The maximum atomic E-state index is 16.6. The summed E-state index contributed by atoms with van der Waals surface area (Å²) in [5, 5.41) is -0.188. The minimum atomic E-state index is -5.05. The number of carbonyl (C=O) groups excluding carboxylic acids is 2. The average molecular weight is 472 g/mol. The molecular weight excluding hydrogens is 450 g/mol. The van der Waals surface area contributed by atoms with E-state index >= 15 is 4.39 Å². The van der Waals surface area contributed by atoms with Crippen molar-refractivity contribution in [3.8, 4) is 0 Å². The van der Waals surface area contributed by atoms with Crippen LogP contribution in [0.1, 0.15) is 40.9 Å². The van der Waals surface area contributed by atoms with Gasteiger partial charge in [0.15, 0.2) is 0 Å². The summed E-state index contributed by atoms with van der Waals surface area (Å²) in [5.41, 5.74) is -1.47. The molecule has 0 saturated carbocycles. The van der Waals surface area contributed by atoms with Crippen molar-refractivity contribution in [2.75, 3.05) is 31.1 Å². The number of nitrogens with two attached hydrogens (primary N) is 1. The number of fused-ring (bicyclic) bond motifs is 1. The second-order valence-corrected chi connectivity index (χ2v) is 7.81. The van der Waals surface area contributed by atoms with Crippen molar-refractivity contribution in [1.82, 2.24) is 4.90 Å². The van der Waals surface area contributed by atoms with Gasteiger partial charge in [-0.05, 0) is 31.3 Å². The highest BCUT2D eigenvalue weighted by molar-refractivity contribution is 6.32. The molecule has 32 heavy (non-hydrogen) atoms. The van der Waals surface area contributed by atoms with E-state index in [1.54, 1.807) is 0 Å². The molecule has 1 unspecified atom stereocenters. The largest absolute Gasteiger partial charge is 0.416 e. The Bertz CT molecular complexity index is 1060. The van der Waals surface area contributed by atoms with E-state index in [0.717, 1.165) is 11.0 Å². The third kappa shape index (κ3) is 3.95. The number of likely N-dealkylation sites (N-methyl/N-ethyl adjacent to an activating group) is 1. The molecule has 0 bridgehead atoms. The van der Waals surface area contributed by atoms with Crippen molar-refractivity contribution in [3.05, 3.63) is 63.7 Å². The van der Waals surface area contributed by atoms with Gasteiger partial charge in [-0.3, -0.25) is 9.59 Å². The second kappa shape index (κ2) is 8.71. The van der Waals surface area contributed by atoms with Gasteiger partial charge in [0.1, 0.15) is 0 Å². The first-order valence-electron chi connectivity index (χ1n) is 10.0. The van der Waals surface area contributed by atoms with Gasteiger partial charge in [-0.2, -0.15) is 13.2 Å². The van der Waals surface area contributed by atoms with Crippen LogP contribution in [0.25, 0.3) is 0 Å². The van der Waals surface area contributed by atoms with E-state index in [1.807, 2.05) is 18.7 Å². The first-order chi connectivity index (χ1) is 15.0. The van der Waals surface area contributed by atoms with E-state index in [4.69, 9.17) is 17.3 Å². The van der Waals surface area contributed by atoms with Gasteiger partial charge in [0.25, 0.3) is 5.91 Å². The summed E-state index contributed by atoms with van der Waals surface area (Å²) in [5.74, 6) is -2.32. The predicted octanol–water partition coefficient (Wildman–Crippen LogP) is 4.36. The third-order valence-electron chi connectivity index (χ3n) is 5.66. The Balaban J connectivity index is 2.32. The molecule has 2 amide bonds. The summed E-state index contributed by atoms with van der Waals surface area (Å²) in [6, 6.07) is 6.86. The number of hydrogen-bond acceptors (Lipinski definition) is 3. The lowest BCUT2D eigenvalue weighted by Gasteiger charge is -2.25. The zero-order chi connectivity index (χ0) is 23.8. The van der Waals surface area contributed by atoms with E-state index < -0.39 is 45.9 Å². The van der Waals surface area contributed by atoms with Crippen LogP contribution in [0.5, 0.6) is 0 Å². The highest BCUT2D eigenvalue weighted by atomic mass is 35.5. The van der Waals surface area contributed by atoms with Gasteiger partial charge in [0.2, 0.25) is 11.6 Å². The molecule has 1 aliphatic rings. The van der Waals surface area contributed by atoms with E-state index in [-0.39, 0.29) is 17.3 Å². The fraction of sp³-hybridized carbons (Fsp3) is 0.364. The van der Waals surface area contributed by atoms with E-state index in [1.165, 1.54) is 24.3 Å². The molecule has 2 aromatic carbocycles. The summed E-state index contributed by atoms with van der Waals surface area (Å²) >= 11 is 6.12. The quantitative estimate of drug-likeness (QED) is 0.610. The molecule has 1 aliphatic heterocycles. The maximum absolute atomic E-state index is 16.6. The molecule has 0 aromatic heterocycles. The minimum absolute atomic E-state index is 0.0802. The maximum Gasteiger partial charge on any atom is 0.416 e. The molecule has 1 heterocycles. The van der Waals surface area contributed by atoms with Gasteiger partial charge < -0.3 is 15.5 Å². The smallest absolute Gasteiger partial charge is 0.366 e. The monoisotopic (exact) mass is 471 g/mol. The average Bonchev–Trinajstić information content (AvgIpc) is 2.95. The van der Waals surface area contributed by atoms with Crippen LogP contribution in [0.2, 0.25) is 5.02 Å². The summed E-state index contributed by atoms with van der Waals surface area (Å²) in [7, 11) is 0. The van der Waals surface area contributed by atoms with Crippen molar-refractivity contribution in [3.63, 3.8) is 0 Å². The van der Waals surface area contributed by atoms with Gasteiger partial charge in [-0.1, -0.05) is 43.6 Å². The molecule has 0 aliphatic carbocycles. The number of anilines is 1. The summed E-state index contributed by atoms with van der Waals surface area (Å²) < 4.78 is 58.7. The number of benzene rings is 2. The van der Waals surface area contributed by atoms with Crippen molar-refractivity contribution >= 4 is 29.1 Å². The molecule has 172 valence electrons. The predicted molar refractivity (Wildman–Crippen MR) is 113 cm³/mol. The molecule has 2 N–H and O–H groups in total. The van der Waals surface area contributed by atoms with E-state index in [2.05, 4.69) is 0 Å². The lowest BCUT2D eigenvalue weighted by molar-refractivity contribution is -0.140. The number of carbonyl (C=O) groups is 2. The Morgan fingerprint density at radius 2 is 1.81 bits per heavy atom. The topological polar surface area (TPSA) is 66.6 Å². The molecule has 0 saturated heterocycles. The van der Waals surface area contributed by atoms with Crippen LogP contribution in [0.3, 0.4) is 0 Å². The van der Waals surface area contributed by atoms with Crippen molar-refractivity contribution < 1.29 is 27.2 Å². The van der Waals surface area contributed by atoms with Gasteiger partial charge >= 0.3 is 6.18 Å². The summed E-state index contributed by atoms with van der Waals surface area (Å²) in [6.07, 6.45) is -5.05. The SMILES string of the molecule is CCN(CC)CCN1C(=O)C(F)(c2ccccc2Cl)c2c1cc(C(N)=O)cc2C(F)(F)F. The fourth-order valence-electron chi connectivity index (χ4n) is 3.96. The molecule has 5 nitrogen and oxygen atoms in total. The van der Waals surface area contributed by atoms with Gasteiger partial charge in [-0.15, -0.1) is 0 Å². The molecule has 2 aromatic rings. The molecule has 0 radical (unpaired) electrons. The van der Waals surface area contributed by atoms with Crippen LogP contribution in [0, 0.1) is 0 Å². The first kappa shape index (κ1) is 24.0. The Morgan fingerprint density at radius 1 is 1.19 bits per heavy atom. The van der Waals surface area contributed by atoms with E-state index in [0.29, 0.717) is 25.7 Å². The Labute approximate surface area is 187 Å². The van der Waals surface area contributed by atoms with Crippen LogP contribution >= 0.6 is 11.6 Å². The van der Waals surface area contributed by atoms with E-state index in [9.17, 15) is 22.8 Å². The summed E-state index contributed by atoms with van der Waals surface area (Å²) in [6.45, 7) is 5.25. The molecule has 1 atom stereocenters. The third-order valence-corrected chi connectivity index (χ3v) is 5.99. The number of rotatable bonds is 7. The van der Waals surface area contributed by atoms with Crippen molar-refractivity contribution in [2.24, 2.45) is 5.73 Å². The Hall–Kier alpha value is -2.65. The molecule has 10 heteroatoms. The molecule has 0 fully saturated rings. The summed E-state index contributed by atoms with van der Waals surface area (Å²) in [4.78, 5) is 28.0. The first-order valence-corrected chi connectivity index (χ1v) is 10.4. The highest BCUT2D eigenvalue weighted by Gasteiger charge is 2.58. The standard InChI is InChI=1S/C22H22ClF4N3O2/c1-3-29(4-2)9-10-30-17-12-13(19(28)31)11-15(22(25,26)27)18(17)21(24,20(30)32)14-7-5-6-8-16(14)23/h5-8,11-12H,3-4,9-10H2,1-2H3,(H2,28,31). The number of amides is 2. The zero-order valence-electron chi connectivity index (χ0n) is 17.5. The highest BCUT2D eigenvalue weighted by Crippen LogP contribution is 2.53. The Morgan fingerprint density at radius 3 is 2.34 bits per heavy atom. The lowest BCUT2D eigenvalue weighted by atomic mass is 9.85. The van der Waals surface area contributed by atoms with Crippen LogP contribution in [0.15, 0.2) is 36.4 Å². The van der Waals surface area contributed by atoms with Crippen LogP contribution in [0.4, 0.5) is 23.2 Å². The van der Waals surface area contributed by atoms with Gasteiger partial charge in [0, 0.05) is 34.8 Å². The molecule has 3 rings (SSSR count). The molecular formula is C22H22ClF4N3O2.